The highest BCUT2D eigenvalue weighted by atomic mass is 35.5. The van der Waals surface area contributed by atoms with E-state index in [-0.39, 0.29) is 6.04 Å². The maximum Gasteiger partial charge on any atom is 0.0453 e. The molecule has 1 unspecified atom stereocenters. The SMILES string of the molecule is CCNC(Cc1c(Cl)cccc1Cl)c1cccc(Cl)c1C. The molecule has 2 aromatic carbocycles. The highest BCUT2D eigenvalue weighted by Gasteiger charge is 2.17. The molecule has 0 saturated carbocycles. The fourth-order valence-corrected chi connectivity index (χ4v) is 3.21. The normalized spacial score (nSPS) is 12.4. The summed E-state index contributed by atoms with van der Waals surface area (Å²) in [6.45, 7) is 4.98. The smallest absolute Gasteiger partial charge is 0.0453 e. The van der Waals surface area contributed by atoms with Crippen molar-refractivity contribution >= 4 is 34.8 Å². The molecule has 0 bridgehead atoms. The Hall–Kier alpha value is -0.730. The lowest BCUT2D eigenvalue weighted by atomic mass is 9.95. The Morgan fingerprint density at radius 1 is 0.952 bits per heavy atom. The third-order valence-corrected chi connectivity index (χ3v) is 4.72. The van der Waals surface area contributed by atoms with Gasteiger partial charge in [0.1, 0.15) is 0 Å². The molecular formula is C17H18Cl3N. The molecule has 4 heteroatoms. The van der Waals surface area contributed by atoms with E-state index in [0.717, 1.165) is 29.1 Å². The summed E-state index contributed by atoms with van der Waals surface area (Å²) in [5, 5.41) is 5.67. The topological polar surface area (TPSA) is 12.0 Å². The molecule has 0 fully saturated rings. The predicted molar refractivity (Wildman–Crippen MR) is 92.8 cm³/mol. The molecule has 0 heterocycles. The first-order chi connectivity index (χ1) is 10.0. The van der Waals surface area contributed by atoms with Crippen LogP contribution in [0.15, 0.2) is 36.4 Å². The van der Waals surface area contributed by atoms with Crippen molar-refractivity contribution in [2.24, 2.45) is 0 Å². The fraction of sp³-hybridized carbons (Fsp3) is 0.294. The van der Waals surface area contributed by atoms with Crippen LogP contribution >= 0.6 is 34.8 Å². The lowest BCUT2D eigenvalue weighted by Gasteiger charge is -2.22. The Kier molecular flexibility index (Phi) is 5.95. The van der Waals surface area contributed by atoms with Crippen molar-refractivity contribution in [2.75, 3.05) is 6.54 Å². The van der Waals surface area contributed by atoms with E-state index < -0.39 is 0 Å². The van der Waals surface area contributed by atoms with Crippen LogP contribution in [0.5, 0.6) is 0 Å². The number of hydrogen-bond acceptors (Lipinski definition) is 1. The summed E-state index contributed by atoms with van der Waals surface area (Å²) >= 11 is 18.8. The molecule has 0 saturated heterocycles. The van der Waals surface area contributed by atoms with E-state index in [0.29, 0.717) is 10.0 Å². The molecule has 0 amide bonds. The average molecular weight is 343 g/mol. The molecule has 0 radical (unpaired) electrons. The van der Waals surface area contributed by atoms with Crippen molar-refractivity contribution in [2.45, 2.75) is 26.3 Å². The van der Waals surface area contributed by atoms with Gasteiger partial charge in [-0.3, -0.25) is 0 Å². The molecule has 112 valence electrons. The molecular weight excluding hydrogens is 325 g/mol. The van der Waals surface area contributed by atoms with Crippen molar-refractivity contribution < 1.29 is 0 Å². The standard InChI is InChI=1S/C17H18Cl3N/c1-3-21-17(12-6-4-7-14(18)11(12)2)10-13-15(19)8-5-9-16(13)20/h4-9,17,21H,3,10H2,1-2H3. The van der Waals surface area contributed by atoms with Crippen LogP contribution in [-0.2, 0) is 6.42 Å². The van der Waals surface area contributed by atoms with Crippen molar-refractivity contribution in [3.05, 3.63) is 68.2 Å². The molecule has 21 heavy (non-hydrogen) atoms. The summed E-state index contributed by atoms with van der Waals surface area (Å²) < 4.78 is 0. The van der Waals surface area contributed by atoms with Gasteiger partial charge < -0.3 is 5.32 Å². The highest BCUT2D eigenvalue weighted by molar-refractivity contribution is 6.36. The number of rotatable bonds is 5. The third-order valence-electron chi connectivity index (χ3n) is 3.61. The first-order valence-corrected chi connectivity index (χ1v) is 8.09. The van der Waals surface area contributed by atoms with Gasteiger partial charge in [0.05, 0.1) is 0 Å². The number of halogens is 3. The average Bonchev–Trinajstić information content (AvgIpc) is 2.45. The van der Waals surface area contributed by atoms with E-state index in [1.54, 1.807) is 0 Å². The summed E-state index contributed by atoms with van der Waals surface area (Å²) in [6, 6.07) is 11.7. The lowest BCUT2D eigenvalue weighted by molar-refractivity contribution is 0.547. The van der Waals surface area contributed by atoms with E-state index >= 15 is 0 Å². The van der Waals surface area contributed by atoms with Gasteiger partial charge in [0.15, 0.2) is 0 Å². The van der Waals surface area contributed by atoms with Crippen LogP contribution in [0.4, 0.5) is 0 Å². The zero-order valence-electron chi connectivity index (χ0n) is 12.1. The van der Waals surface area contributed by atoms with Gasteiger partial charge in [0.25, 0.3) is 0 Å². The van der Waals surface area contributed by atoms with Gasteiger partial charge in [0.2, 0.25) is 0 Å². The second kappa shape index (κ2) is 7.51. The number of likely N-dealkylation sites (N-methyl/N-ethyl adjacent to an activating group) is 1. The monoisotopic (exact) mass is 341 g/mol. The van der Waals surface area contributed by atoms with Crippen molar-refractivity contribution in [3.8, 4) is 0 Å². The fourth-order valence-electron chi connectivity index (χ4n) is 2.47. The zero-order chi connectivity index (χ0) is 15.4. The third kappa shape index (κ3) is 3.92. The molecule has 2 rings (SSSR count). The van der Waals surface area contributed by atoms with Crippen LogP contribution in [0.2, 0.25) is 15.1 Å². The van der Waals surface area contributed by atoms with E-state index in [2.05, 4.69) is 18.3 Å². The van der Waals surface area contributed by atoms with Gasteiger partial charge in [-0.15, -0.1) is 0 Å². The Bertz CT molecular complexity index is 605. The minimum absolute atomic E-state index is 0.131. The Balaban J connectivity index is 2.38. The second-order valence-electron chi connectivity index (χ2n) is 4.97. The minimum Gasteiger partial charge on any atom is -0.310 e. The molecule has 1 atom stereocenters. The summed E-state index contributed by atoms with van der Waals surface area (Å²) in [6.07, 6.45) is 0.730. The lowest BCUT2D eigenvalue weighted by Crippen LogP contribution is -2.24. The Morgan fingerprint density at radius 2 is 1.52 bits per heavy atom. The first kappa shape index (κ1) is 16.6. The van der Waals surface area contributed by atoms with Crippen molar-refractivity contribution in [1.29, 1.82) is 0 Å². The predicted octanol–water partition coefficient (Wildman–Crippen LogP) is 5.85. The first-order valence-electron chi connectivity index (χ1n) is 6.95. The van der Waals surface area contributed by atoms with E-state index in [1.807, 2.05) is 37.3 Å². The van der Waals surface area contributed by atoms with Gasteiger partial charge >= 0.3 is 0 Å². The summed E-state index contributed by atoms with van der Waals surface area (Å²) in [7, 11) is 0. The molecule has 0 aromatic heterocycles. The Labute approximate surface area is 141 Å². The number of nitrogens with one attached hydrogen (secondary N) is 1. The van der Waals surface area contributed by atoms with Gasteiger partial charge in [-0.25, -0.2) is 0 Å². The van der Waals surface area contributed by atoms with Crippen LogP contribution in [0, 0.1) is 6.92 Å². The summed E-state index contributed by atoms with van der Waals surface area (Å²) in [4.78, 5) is 0. The molecule has 2 aromatic rings. The van der Waals surface area contributed by atoms with Crippen molar-refractivity contribution in [1.82, 2.24) is 5.32 Å². The van der Waals surface area contributed by atoms with E-state index in [1.165, 1.54) is 5.56 Å². The van der Waals surface area contributed by atoms with Crippen molar-refractivity contribution in [3.63, 3.8) is 0 Å². The minimum atomic E-state index is 0.131. The largest absolute Gasteiger partial charge is 0.310 e. The second-order valence-corrected chi connectivity index (χ2v) is 6.19. The molecule has 1 N–H and O–H groups in total. The molecule has 0 aliphatic carbocycles. The Morgan fingerprint density at radius 3 is 2.14 bits per heavy atom. The summed E-state index contributed by atoms with van der Waals surface area (Å²) in [5.74, 6) is 0. The molecule has 0 spiro atoms. The number of benzene rings is 2. The van der Waals surface area contributed by atoms with Crippen LogP contribution in [0.3, 0.4) is 0 Å². The van der Waals surface area contributed by atoms with E-state index in [9.17, 15) is 0 Å². The molecule has 0 aliphatic rings. The zero-order valence-corrected chi connectivity index (χ0v) is 14.4. The van der Waals surface area contributed by atoms with Gasteiger partial charge in [0, 0.05) is 21.1 Å². The quantitative estimate of drug-likeness (QED) is 0.719. The van der Waals surface area contributed by atoms with E-state index in [4.69, 9.17) is 34.8 Å². The van der Waals surface area contributed by atoms with Gasteiger partial charge in [-0.05, 0) is 54.8 Å². The molecule has 0 aliphatic heterocycles. The van der Waals surface area contributed by atoms with Crippen LogP contribution < -0.4 is 5.32 Å². The van der Waals surface area contributed by atoms with Crippen LogP contribution in [-0.4, -0.2) is 6.54 Å². The highest BCUT2D eigenvalue weighted by Crippen LogP contribution is 2.31. The van der Waals surface area contributed by atoms with Crippen LogP contribution in [0.25, 0.3) is 0 Å². The van der Waals surface area contributed by atoms with Crippen LogP contribution in [0.1, 0.15) is 29.7 Å². The maximum absolute atomic E-state index is 6.29. The maximum atomic E-state index is 6.29. The molecule has 1 nitrogen and oxygen atoms in total. The van der Waals surface area contributed by atoms with Gasteiger partial charge in [-0.2, -0.15) is 0 Å². The summed E-state index contributed by atoms with van der Waals surface area (Å²) in [5.41, 5.74) is 3.24. The van der Waals surface area contributed by atoms with Gasteiger partial charge in [-0.1, -0.05) is 59.9 Å². The number of hydrogen-bond donors (Lipinski definition) is 1.